The summed E-state index contributed by atoms with van der Waals surface area (Å²) in [7, 11) is 1.64. The van der Waals surface area contributed by atoms with Crippen LogP contribution in [0.3, 0.4) is 0 Å². The van der Waals surface area contributed by atoms with Gasteiger partial charge in [-0.15, -0.1) is 0 Å². The standard InChI is InChI=1S/C27H31N3O2/c1-18-14-22-19(17-29-12-6-5-7-13-29)16-27(2,3)30-25(22)23(15-18)24(26(30)31)28-20-8-10-21(32-4)11-9-20/h8-11,14-16H,5-7,12-13,17H2,1-4H3. The maximum atomic E-state index is 13.7. The third-order valence-corrected chi connectivity index (χ3v) is 6.74. The van der Waals surface area contributed by atoms with E-state index in [1.807, 2.05) is 29.2 Å². The number of rotatable bonds is 4. The van der Waals surface area contributed by atoms with Crippen molar-refractivity contribution in [1.82, 2.24) is 4.90 Å². The van der Waals surface area contributed by atoms with E-state index in [4.69, 9.17) is 9.73 Å². The monoisotopic (exact) mass is 429 g/mol. The van der Waals surface area contributed by atoms with Gasteiger partial charge in [-0.25, -0.2) is 4.99 Å². The normalized spacial score (nSPS) is 21.0. The molecule has 0 aliphatic carbocycles. The molecule has 166 valence electrons. The summed E-state index contributed by atoms with van der Waals surface area (Å²) in [6.07, 6.45) is 6.16. The third-order valence-electron chi connectivity index (χ3n) is 6.74. The Kier molecular flexibility index (Phi) is 5.17. The second-order valence-electron chi connectivity index (χ2n) is 9.67. The van der Waals surface area contributed by atoms with Gasteiger partial charge in [-0.3, -0.25) is 14.6 Å². The summed E-state index contributed by atoms with van der Waals surface area (Å²) < 4.78 is 5.26. The maximum absolute atomic E-state index is 13.7. The van der Waals surface area contributed by atoms with Gasteiger partial charge >= 0.3 is 0 Å². The van der Waals surface area contributed by atoms with E-state index in [1.165, 1.54) is 30.4 Å². The molecule has 2 aromatic carbocycles. The van der Waals surface area contributed by atoms with E-state index in [0.717, 1.165) is 47.9 Å². The molecule has 3 aliphatic rings. The van der Waals surface area contributed by atoms with Crippen LogP contribution >= 0.6 is 0 Å². The predicted octanol–water partition coefficient (Wildman–Crippen LogP) is 5.13. The Bertz CT molecular complexity index is 1120. The number of hydrogen-bond donors (Lipinski definition) is 0. The van der Waals surface area contributed by atoms with Gasteiger partial charge in [0.1, 0.15) is 11.5 Å². The number of likely N-dealkylation sites (tertiary alicyclic amines) is 1. The minimum absolute atomic E-state index is 0.0269. The van der Waals surface area contributed by atoms with Crippen LogP contribution in [0.15, 0.2) is 47.5 Å². The van der Waals surface area contributed by atoms with E-state index >= 15 is 0 Å². The number of amides is 1. The van der Waals surface area contributed by atoms with Gasteiger partial charge in [-0.1, -0.05) is 12.5 Å². The zero-order chi connectivity index (χ0) is 22.5. The summed E-state index contributed by atoms with van der Waals surface area (Å²) in [5, 5.41) is 0. The van der Waals surface area contributed by atoms with Gasteiger partial charge in [-0.2, -0.15) is 0 Å². The molecule has 1 saturated heterocycles. The highest BCUT2D eigenvalue weighted by Gasteiger charge is 2.46. The lowest BCUT2D eigenvalue weighted by atomic mass is 9.87. The van der Waals surface area contributed by atoms with Crippen molar-refractivity contribution >= 4 is 28.6 Å². The van der Waals surface area contributed by atoms with Crippen LogP contribution in [0.4, 0.5) is 11.4 Å². The molecule has 0 bridgehead atoms. The van der Waals surface area contributed by atoms with E-state index < -0.39 is 5.54 Å². The molecular weight excluding hydrogens is 398 g/mol. The van der Waals surface area contributed by atoms with Crippen molar-refractivity contribution in [3.8, 4) is 5.75 Å². The SMILES string of the molecule is COc1ccc(N=C2C(=O)N3c4c(cc(C)cc42)C(CN2CCCCC2)=CC3(C)C)cc1. The number of aryl methyl sites for hydroxylation is 1. The molecule has 3 heterocycles. The number of carbonyl (C=O) groups is 1. The smallest absolute Gasteiger partial charge is 0.278 e. The van der Waals surface area contributed by atoms with Gasteiger partial charge in [0, 0.05) is 17.7 Å². The Hall–Kier alpha value is -2.92. The lowest BCUT2D eigenvalue weighted by Gasteiger charge is -2.40. The number of aliphatic imine (C=N–C) groups is 1. The van der Waals surface area contributed by atoms with Crippen molar-refractivity contribution in [2.75, 3.05) is 31.6 Å². The molecule has 0 spiro atoms. The van der Waals surface area contributed by atoms with Crippen LogP contribution in [0.5, 0.6) is 5.75 Å². The zero-order valence-corrected chi connectivity index (χ0v) is 19.4. The summed E-state index contributed by atoms with van der Waals surface area (Å²) in [5.41, 5.74) is 6.49. The van der Waals surface area contributed by atoms with Crippen molar-refractivity contribution in [3.05, 3.63) is 59.2 Å². The average Bonchev–Trinajstić information content (AvgIpc) is 3.05. The van der Waals surface area contributed by atoms with Crippen molar-refractivity contribution < 1.29 is 9.53 Å². The van der Waals surface area contributed by atoms with Crippen LogP contribution in [0.1, 0.15) is 49.8 Å². The van der Waals surface area contributed by atoms with E-state index in [-0.39, 0.29) is 5.91 Å². The third kappa shape index (κ3) is 3.55. The molecule has 2 aromatic rings. The fourth-order valence-electron chi connectivity index (χ4n) is 5.27. The van der Waals surface area contributed by atoms with Crippen molar-refractivity contribution in [1.29, 1.82) is 0 Å². The first-order chi connectivity index (χ1) is 15.4. The number of methoxy groups -OCH3 is 1. The average molecular weight is 430 g/mol. The van der Waals surface area contributed by atoms with Gasteiger partial charge in [0.15, 0.2) is 0 Å². The minimum atomic E-state index is -0.406. The number of nitrogens with zero attached hydrogens (tertiary/aromatic N) is 3. The first-order valence-electron chi connectivity index (χ1n) is 11.5. The Morgan fingerprint density at radius 3 is 2.41 bits per heavy atom. The summed E-state index contributed by atoms with van der Waals surface area (Å²) in [6, 6.07) is 11.9. The second-order valence-corrected chi connectivity index (χ2v) is 9.67. The largest absolute Gasteiger partial charge is 0.497 e. The molecule has 5 nitrogen and oxygen atoms in total. The Morgan fingerprint density at radius 2 is 1.72 bits per heavy atom. The molecule has 5 heteroatoms. The van der Waals surface area contributed by atoms with E-state index in [0.29, 0.717) is 5.71 Å². The summed E-state index contributed by atoms with van der Waals surface area (Å²) in [5.74, 6) is 0.749. The Balaban J connectivity index is 1.61. The zero-order valence-electron chi connectivity index (χ0n) is 19.4. The lowest BCUT2D eigenvalue weighted by molar-refractivity contribution is -0.112. The van der Waals surface area contributed by atoms with Crippen LogP contribution in [-0.2, 0) is 4.79 Å². The number of ether oxygens (including phenoxy) is 1. The van der Waals surface area contributed by atoms with E-state index in [2.05, 4.69) is 43.9 Å². The number of benzene rings is 2. The predicted molar refractivity (Wildman–Crippen MR) is 130 cm³/mol. The van der Waals surface area contributed by atoms with Gasteiger partial charge in [0.25, 0.3) is 5.91 Å². The van der Waals surface area contributed by atoms with Crippen LogP contribution in [-0.4, -0.2) is 48.8 Å². The summed E-state index contributed by atoms with van der Waals surface area (Å²) in [6.45, 7) is 9.60. The molecule has 32 heavy (non-hydrogen) atoms. The fourth-order valence-corrected chi connectivity index (χ4v) is 5.27. The Labute approximate surface area is 190 Å². The maximum Gasteiger partial charge on any atom is 0.278 e. The lowest BCUT2D eigenvalue weighted by Crippen LogP contribution is -2.48. The topological polar surface area (TPSA) is 45.1 Å². The fraction of sp³-hybridized carbons (Fsp3) is 0.407. The Morgan fingerprint density at radius 1 is 1.03 bits per heavy atom. The highest BCUT2D eigenvalue weighted by Crippen LogP contribution is 2.46. The van der Waals surface area contributed by atoms with Crippen molar-refractivity contribution in [2.24, 2.45) is 4.99 Å². The van der Waals surface area contributed by atoms with Crippen molar-refractivity contribution in [3.63, 3.8) is 0 Å². The molecular formula is C27H31N3O2. The highest BCUT2D eigenvalue weighted by atomic mass is 16.5. The van der Waals surface area contributed by atoms with Crippen LogP contribution in [0.2, 0.25) is 0 Å². The van der Waals surface area contributed by atoms with Crippen molar-refractivity contribution in [2.45, 2.75) is 45.6 Å². The molecule has 1 amide bonds. The number of carbonyl (C=O) groups excluding carboxylic acids is 1. The summed E-state index contributed by atoms with van der Waals surface area (Å²) >= 11 is 0. The molecule has 0 saturated carbocycles. The molecule has 0 aromatic heterocycles. The quantitative estimate of drug-likeness (QED) is 0.677. The molecule has 3 aliphatic heterocycles. The molecule has 0 N–H and O–H groups in total. The molecule has 0 atom stereocenters. The molecule has 5 rings (SSSR count). The minimum Gasteiger partial charge on any atom is -0.497 e. The highest BCUT2D eigenvalue weighted by molar-refractivity contribution is 6.55. The van der Waals surface area contributed by atoms with Crippen LogP contribution in [0, 0.1) is 6.92 Å². The number of anilines is 1. The first kappa shape index (κ1) is 21.0. The van der Waals surface area contributed by atoms with Gasteiger partial charge in [0.2, 0.25) is 0 Å². The van der Waals surface area contributed by atoms with Gasteiger partial charge < -0.3 is 4.74 Å². The van der Waals surface area contributed by atoms with Crippen LogP contribution in [0.25, 0.3) is 5.57 Å². The van der Waals surface area contributed by atoms with Gasteiger partial charge in [-0.05, 0) is 94.2 Å². The van der Waals surface area contributed by atoms with Gasteiger partial charge in [0.05, 0.1) is 24.0 Å². The molecule has 1 fully saturated rings. The second kappa shape index (κ2) is 7.89. The van der Waals surface area contributed by atoms with E-state index in [1.54, 1.807) is 7.11 Å². The molecule has 0 radical (unpaired) electrons. The number of piperidine rings is 1. The molecule has 0 unspecified atom stereocenters. The van der Waals surface area contributed by atoms with E-state index in [9.17, 15) is 4.79 Å². The van der Waals surface area contributed by atoms with Crippen LogP contribution < -0.4 is 9.64 Å². The summed E-state index contributed by atoms with van der Waals surface area (Å²) in [4.78, 5) is 23.0. The number of hydrogen-bond acceptors (Lipinski definition) is 4. The first-order valence-corrected chi connectivity index (χ1v) is 11.5.